The fourth-order valence-electron chi connectivity index (χ4n) is 1.79. The van der Waals surface area contributed by atoms with Gasteiger partial charge < -0.3 is 4.90 Å². The third-order valence-electron chi connectivity index (χ3n) is 2.92. The van der Waals surface area contributed by atoms with Crippen molar-refractivity contribution in [3.63, 3.8) is 0 Å². The van der Waals surface area contributed by atoms with Crippen LogP contribution >= 0.6 is 0 Å². The quantitative estimate of drug-likeness (QED) is 0.592. The summed E-state index contributed by atoms with van der Waals surface area (Å²) >= 11 is 0. The van der Waals surface area contributed by atoms with E-state index in [1.807, 2.05) is 0 Å². The minimum atomic E-state index is 0.573. The van der Waals surface area contributed by atoms with Crippen molar-refractivity contribution in [3.05, 3.63) is 0 Å². The number of hydrogen-bond donors (Lipinski definition) is 0. The molecule has 1 rings (SSSR count). The molecule has 1 heteroatoms. The Balaban J connectivity index is 2.41. The molecule has 0 aromatic carbocycles. The maximum absolute atomic E-state index is 2.61. The summed E-state index contributed by atoms with van der Waals surface area (Å²) in [5.74, 6) is 0. The highest BCUT2D eigenvalue weighted by molar-refractivity contribution is 4.84. The first kappa shape index (κ1) is 9.05. The zero-order chi connectivity index (χ0) is 8.48. The highest BCUT2D eigenvalue weighted by Crippen LogP contribution is 2.30. The van der Waals surface area contributed by atoms with Crippen molar-refractivity contribution < 1.29 is 0 Å². The monoisotopic (exact) mass is 155 g/mol. The van der Waals surface area contributed by atoms with E-state index in [9.17, 15) is 0 Å². The largest absolute Gasteiger partial charge is 0.300 e. The Bertz CT molecular complexity index is 129. The zero-order valence-electron chi connectivity index (χ0n) is 8.35. The van der Waals surface area contributed by atoms with Gasteiger partial charge in [0.15, 0.2) is 0 Å². The van der Waals surface area contributed by atoms with Gasteiger partial charge in [0.25, 0.3) is 0 Å². The summed E-state index contributed by atoms with van der Waals surface area (Å²) in [5.41, 5.74) is 0.573. The lowest BCUT2D eigenvalue weighted by Gasteiger charge is -2.24. The SMILES string of the molecule is CCC(C)N1CCC(C)(C)C1. The molecule has 0 amide bonds. The molecular weight excluding hydrogens is 134 g/mol. The van der Waals surface area contributed by atoms with E-state index >= 15 is 0 Å². The molecule has 1 aliphatic heterocycles. The lowest BCUT2D eigenvalue weighted by molar-refractivity contribution is 0.225. The van der Waals surface area contributed by atoms with Crippen molar-refractivity contribution in [2.24, 2.45) is 5.41 Å². The van der Waals surface area contributed by atoms with Gasteiger partial charge in [0.1, 0.15) is 0 Å². The van der Waals surface area contributed by atoms with Crippen LogP contribution in [0.25, 0.3) is 0 Å². The van der Waals surface area contributed by atoms with Crippen molar-refractivity contribution in [1.82, 2.24) is 4.90 Å². The van der Waals surface area contributed by atoms with Gasteiger partial charge in [-0.3, -0.25) is 0 Å². The fraction of sp³-hybridized carbons (Fsp3) is 1.00. The smallest absolute Gasteiger partial charge is 0.00645 e. The first-order valence-electron chi connectivity index (χ1n) is 4.79. The molecule has 11 heavy (non-hydrogen) atoms. The van der Waals surface area contributed by atoms with Gasteiger partial charge >= 0.3 is 0 Å². The number of likely N-dealkylation sites (tertiary alicyclic amines) is 1. The predicted molar refractivity (Wildman–Crippen MR) is 49.7 cm³/mol. The lowest BCUT2D eigenvalue weighted by atomic mass is 9.93. The predicted octanol–water partition coefficient (Wildman–Crippen LogP) is 2.52. The summed E-state index contributed by atoms with van der Waals surface area (Å²) in [4.78, 5) is 2.61. The molecule has 1 saturated heterocycles. The van der Waals surface area contributed by atoms with E-state index in [1.165, 1.54) is 25.9 Å². The molecule has 0 N–H and O–H groups in total. The minimum absolute atomic E-state index is 0.573. The molecule has 1 atom stereocenters. The van der Waals surface area contributed by atoms with Gasteiger partial charge in [-0.15, -0.1) is 0 Å². The molecule has 0 spiro atoms. The summed E-state index contributed by atoms with van der Waals surface area (Å²) < 4.78 is 0. The Hall–Kier alpha value is -0.0400. The van der Waals surface area contributed by atoms with Gasteiger partial charge in [0.05, 0.1) is 0 Å². The molecule has 0 radical (unpaired) electrons. The number of hydrogen-bond acceptors (Lipinski definition) is 1. The normalized spacial score (nSPS) is 27.3. The summed E-state index contributed by atoms with van der Waals surface area (Å²) in [7, 11) is 0. The van der Waals surface area contributed by atoms with Gasteiger partial charge in [0.2, 0.25) is 0 Å². The molecular formula is C10H21N. The topological polar surface area (TPSA) is 3.24 Å². The average Bonchev–Trinajstić information content (AvgIpc) is 2.29. The first-order chi connectivity index (χ1) is 5.05. The molecule has 1 unspecified atom stereocenters. The standard InChI is InChI=1S/C10H21N/c1-5-9(2)11-7-6-10(3,4)8-11/h9H,5-8H2,1-4H3. The molecule has 0 bridgehead atoms. The number of rotatable bonds is 2. The van der Waals surface area contributed by atoms with E-state index in [1.54, 1.807) is 0 Å². The Morgan fingerprint density at radius 2 is 2.09 bits per heavy atom. The van der Waals surface area contributed by atoms with E-state index in [0.29, 0.717) is 5.41 Å². The lowest BCUT2D eigenvalue weighted by Crippen LogP contribution is -2.31. The molecule has 0 aromatic heterocycles. The van der Waals surface area contributed by atoms with E-state index in [-0.39, 0.29) is 0 Å². The van der Waals surface area contributed by atoms with E-state index in [4.69, 9.17) is 0 Å². The van der Waals surface area contributed by atoms with E-state index in [2.05, 4.69) is 32.6 Å². The fourth-order valence-corrected chi connectivity index (χ4v) is 1.79. The Morgan fingerprint density at radius 3 is 2.45 bits per heavy atom. The summed E-state index contributed by atoms with van der Waals surface area (Å²) in [6.07, 6.45) is 2.66. The molecule has 0 aliphatic carbocycles. The summed E-state index contributed by atoms with van der Waals surface area (Å²) in [6.45, 7) is 12.0. The van der Waals surface area contributed by atoms with Gasteiger partial charge in [-0.1, -0.05) is 20.8 Å². The molecule has 66 valence electrons. The molecule has 1 fully saturated rings. The van der Waals surface area contributed by atoms with Crippen LogP contribution in [0.1, 0.15) is 40.5 Å². The summed E-state index contributed by atoms with van der Waals surface area (Å²) in [6, 6.07) is 0.789. The van der Waals surface area contributed by atoms with Crippen LogP contribution in [0.2, 0.25) is 0 Å². The second-order valence-electron chi connectivity index (χ2n) is 4.64. The van der Waals surface area contributed by atoms with Gasteiger partial charge in [-0.05, 0) is 31.7 Å². The minimum Gasteiger partial charge on any atom is -0.300 e. The van der Waals surface area contributed by atoms with Crippen molar-refractivity contribution in [1.29, 1.82) is 0 Å². The third-order valence-corrected chi connectivity index (χ3v) is 2.92. The summed E-state index contributed by atoms with van der Waals surface area (Å²) in [5, 5.41) is 0. The van der Waals surface area contributed by atoms with Crippen molar-refractivity contribution in [2.75, 3.05) is 13.1 Å². The second-order valence-corrected chi connectivity index (χ2v) is 4.64. The van der Waals surface area contributed by atoms with Crippen molar-refractivity contribution in [2.45, 2.75) is 46.6 Å². The van der Waals surface area contributed by atoms with Crippen LogP contribution in [0.15, 0.2) is 0 Å². The van der Waals surface area contributed by atoms with Crippen LogP contribution in [-0.2, 0) is 0 Å². The molecule has 1 nitrogen and oxygen atoms in total. The second kappa shape index (κ2) is 3.14. The molecule has 0 saturated carbocycles. The van der Waals surface area contributed by atoms with Gasteiger partial charge in [-0.2, -0.15) is 0 Å². The van der Waals surface area contributed by atoms with Crippen LogP contribution in [0.4, 0.5) is 0 Å². The highest BCUT2D eigenvalue weighted by Gasteiger charge is 2.30. The average molecular weight is 155 g/mol. The van der Waals surface area contributed by atoms with E-state index < -0.39 is 0 Å². The van der Waals surface area contributed by atoms with Crippen molar-refractivity contribution >= 4 is 0 Å². The number of nitrogens with zero attached hydrogens (tertiary/aromatic N) is 1. The van der Waals surface area contributed by atoms with Crippen LogP contribution in [0.3, 0.4) is 0 Å². The Morgan fingerprint density at radius 1 is 1.45 bits per heavy atom. The van der Waals surface area contributed by atoms with E-state index in [0.717, 1.165) is 6.04 Å². The maximum Gasteiger partial charge on any atom is 0.00645 e. The molecule has 0 aromatic rings. The highest BCUT2D eigenvalue weighted by atomic mass is 15.2. The van der Waals surface area contributed by atoms with Crippen LogP contribution in [0, 0.1) is 5.41 Å². The van der Waals surface area contributed by atoms with Crippen LogP contribution < -0.4 is 0 Å². The van der Waals surface area contributed by atoms with Crippen molar-refractivity contribution in [3.8, 4) is 0 Å². The first-order valence-corrected chi connectivity index (χ1v) is 4.79. The van der Waals surface area contributed by atoms with Gasteiger partial charge in [-0.25, -0.2) is 0 Å². The maximum atomic E-state index is 2.61. The zero-order valence-corrected chi connectivity index (χ0v) is 8.35. The van der Waals surface area contributed by atoms with Gasteiger partial charge in [0, 0.05) is 12.6 Å². The third kappa shape index (κ3) is 2.19. The molecule has 1 aliphatic rings. The Kier molecular flexibility index (Phi) is 2.58. The van der Waals surface area contributed by atoms with Crippen LogP contribution in [0.5, 0.6) is 0 Å². The molecule has 1 heterocycles. The van der Waals surface area contributed by atoms with Crippen LogP contribution in [-0.4, -0.2) is 24.0 Å². The Labute approximate surface area is 70.8 Å².